The Morgan fingerprint density at radius 1 is 0.770 bits per heavy atom. The number of rotatable bonds is 43. The largest absolute Gasteiger partial charge is 0.444 e. The topological polar surface area (TPSA) is 439 Å². The van der Waals surface area contributed by atoms with Crippen LogP contribution in [0.2, 0.25) is 0 Å². The molecule has 3 aromatic rings. The number of anilines is 1. The summed E-state index contributed by atoms with van der Waals surface area (Å²) in [5.41, 5.74) is 15.0. The van der Waals surface area contributed by atoms with Crippen LogP contribution < -0.4 is 59.4 Å². The molecule has 1 saturated heterocycles. The molecule has 550 valence electrons. The third-order valence-corrected chi connectivity index (χ3v) is 16.5. The highest BCUT2D eigenvalue weighted by atomic mass is 32.2. The van der Waals surface area contributed by atoms with Crippen LogP contribution in [0, 0.1) is 5.92 Å². The van der Waals surface area contributed by atoms with Crippen LogP contribution in [0.1, 0.15) is 173 Å². The molecule has 0 radical (unpaired) electrons. The Labute approximate surface area is 586 Å². The van der Waals surface area contributed by atoms with Gasteiger partial charge in [-0.25, -0.2) is 9.78 Å². The quantitative estimate of drug-likeness (QED) is 0.0124. The van der Waals surface area contributed by atoms with Gasteiger partial charge in [0.2, 0.25) is 47.3 Å². The lowest BCUT2D eigenvalue weighted by atomic mass is 10.0. The van der Waals surface area contributed by atoms with Gasteiger partial charge in [0.1, 0.15) is 40.5 Å². The maximum Gasteiger partial charge on any atom is 0.407 e. The second-order valence-corrected chi connectivity index (χ2v) is 27.1. The van der Waals surface area contributed by atoms with E-state index in [-0.39, 0.29) is 110 Å². The molecule has 2 heterocycles. The summed E-state index contributed by atoms with van der Waals surface area (Å²) in [6.45, 7) is 12.9. The van der Waals surface area contributed by atoms with Crippen LogP contribution in [0.5, 0.6) is 0 Å². The fourth-order valence-electron chi connectivity index (χ4n) is 10.6. The first kappa shape index (κ1) is 82.9. The van der Waals surface area contributed by atoms with Gasteiger partial charge in [-0.1, -0.05) is 88.2 Å². The molecule has 4 rings (SSSR count). The number of nitrogens with one attached hydrogen (secondary N) is 9. The highest BCUT2D eigenvalue weighted by Gasteiger charge is 2.37. The van der Waals surface area contributed by atoms with Crippen molar-refractivity contribution in [2.24, 2.45) is 27.5 Å². The van der Waals surface area contributed by atoms with Crippen LogP contribution in [0.4, 0.5) is 10.6 Å². The van der Waals surface area contributed by atoms with Gasteiger partial charge in [-0.2, -0.15) is 13.5 Å². The molecule has 10 amide bonds. The summed E-state index contributed by atoms with van der Waals surface area (Å²) in [5.74, 6) is -4.32. The van der Waals surface area contributed by atoms with E-state index in [0.717, 1.165) is 18.4 Å². The minimum absolute atomic E-state index is 0.0348. The Balaban J connectivity index is 1.29. The zero-order valence-corrected chi connectivity index (χ0v) is 59.5. The number of carbonyl (C=O) groups excluding carboxylic acids is 10. The van der Waals surface area contributed by atoms with E-state index >= 15 is 0 Å². The molecule has 2 aromatic carbocycles. The lowest BCUT2D eigenvalue weighted by molar-refractivity contribution is -0.143. The number of amides is 10. The maximum atomic E-state index is 14.4. The zero-order chi connectivity index (χ0) is 73.6. The summed E-state index contributed by atoms with van der Waals surface area (Å²) in [6, 6.07) is 13.8. The average molecular weight is 1410 g/mol. The van der Waals surface area contributed by atoms with Crippen molar-refractivity contribution in [3.8, 4) is 0 Å². The van der Waals surface area contributed by atoms with E-state index in [1.807, 2.05) is 57.2 Å². The number of nitrogens with two attached hydrogens (primary N) is 2. The summed E-state index contributed by atoms with van der Waals surface area (Å²) in [4.78, 5) is 145. The first-order chi connectivity index (χ1) is 47.5. The van der Waals surface area contributed by atoms with E-state index < -0.39 is 93.9 Å². The normalized spacial score (nSPS) is 14.0. The molecule has 0 saturated carbocycles. The van der Waals surface area contributed by atoms with Gasteiger partial charge in [0.05, 0.1) is 24.9 Å². The molecule has 1 aromatic heterocycles. The van der Waals surface area contributed by atoms with Crippen molar-refractivity contribution in [1.82, 2.24) is 57.3 Å². The monoisotopic (exact) mass is 1410 g/mol. The van der Waals surface area contributed by atoms with Crippen LogP contribution in [-0.4, -0.2) is 181 Å². The minimum Gasteiger partial charge on any atom is -0.444 e. The van der Waals surface area contributed by atoms with Gasteiger partial charge in [-0.05, 0) is 140 Å². The van der Waals surface area contributed by atoms with E-state index in [1.54, 1.807) is 26.8 Å². The van der Waals surface area contributed by atoms with Crippen molar-refractivity contribution >= 4 is 87.4 Å². The lowest BCUT2D eigenvalue weighted by Gasteiger charge is -2.29. The van der Waals surface area contributed by atoms with Gasteiger partial charge in [0.25, 0.3) is 16.0 Å². The van der Waals surface area contributed by atoms with Crippen LogP contribution in [-0.2, 0) is 59.6 Å². The number of likely N-dealkylation sites (tertiary alicyclic amines) is 1. The Kier molecular flexibility index (Phi) is 36.3. The number of aryl methyl sites for hydroxylation is 1. The van der Waals surface area contributed by atoms with Gasteiger partial charge >= 0.3 is 6.09 Å². The molecule has 0 bridgehead atoms. The summed E-state index contributed by atoms with van der Waals surface area (Å²) < 4.78 is 38.0. The molecule has 0 unspecified atom stereocenters. The SMILES string of the molecule is CCC/C(=C\CCCCCC(=O)NCCNC(=O)c1ccc(N/N=C/c2ccccc2S(=O)(=O)O)nc1)NC(=O)[C@H](CC(C)C)NC(=O)[C@H](CCc1ccccc1)NC(=O)CNC(=O)[C@H](CCCCN=C(N)N)NC(=O)[C@@H]1CCCN1C(=O)CN(CCCCNC(=O)OC(C)(C)C)C(C)=O. The standard InChI is InChI=1S/C69H104N16O14S/c1-8-23-52(27-14-9-10-15-31-59(87)72-38-39-73-62(90)51-33-35-58(76-43-51)83-78-44-50-26-16-17-30-57(50)100(96,97)98)79-65(93)55(42-47(2)3)82-64(92)54(34-32-49-24-12-11-13-25-49)80-60(88)45-77-63(91)53(28-18-19-36-74-67(70)71)81-66(94)56-29-22-41-85(56)61(89)46-84(48(4)86)40-21-20-37-75-68(95)99-69(5,6)7/h11-13,16-17,24-27,30,33,35,43-44,47,53-56H,8-10,14-15,18-23,28-29,31-32,34,36-42,45-46H2,1-7H3,(H,72,87)(H,73,90)(H,75,95)(H,76,83)(H,77,91)(H,79,93)(H,80,88)(H,81,94)(H,82,92)(H4,70,71,74)(H,96,97,98)/b52-27+,78-44+/t53-,54-,55-,56-/m0/s1. The first-order valence-electron chi connectivity index (χ1n) is 34.2. The van der Waals surface area contributed by atoms with Crippen molar-refractivity contribution in [3.63, 3.8) is 0 Å². The second kappa shape index (κ2) is 43.8. The van der Waals surface area contributed by atoms with Crippen LogP contribution in [0.15, 0.2) is 99.7 Å². The summed E-state index contributed by atoms with van der Waals surface area (Å²) >= 11 is 0. The number of aliphatic imine (C=N–C) groups is 1. The molecular formula is C69H104N16O14S. The fraction of sp³-hybridized carbons (Fsp3) is 0.551. The summed E-state index contributed by atoms with van der Waals surface area (Å²) in [5, 5.41) is 26.3. The van der Waals surface area contributed by atoms with Gasteiger partial charge in [0, 0.05) is 70.1 Å². The van der Waals surface area contributed by atoms with Gasteiger partial charge in [-0.15, -0.1) is 0 Å². The fourth-order valence-corrected chi connectivity index (χ4v) is 11.2. The van der Waals surface area contributed by atoms with Crippen LogP contribution >= 0.6 is 0 Å². The molecule has 1 aliphatic rings. The van der Waals surface area contributed by atoms with Crippen molar-refractivity contribution in [1.29, 1.82) is 0 Å². The number of pyridine rings is 1. The van der Waals surface area contributed by atoms with Crippen LogP contribution in [0.3, 0.4) is 0 Å². The van der Waals surface area contributed by atoms with Gasteiger partial charge in [-0.3, -0.25) is 58.1 Å². The first-order valence-corrected chi connectivity index (χ1v) is 35.6. The van der Waals surface area contributed by atoms with E-state index in [0.29, 0.717) is 82.9 Å². The van der Waals surface area contributed by atoms with Crippen molar-refractivity contribution < 1.29 is 65.7 Å². The molecule has 30 nitrogen and oxygen atoms in total. The third-order valence-electron chi connectivity index (χ3n) is 15.6. The highest BCUT2D eigenvalue weighted by molar-refractivity contribution is 7.86. The highest BCUT2D eigenvalue weighted by Crippen LogP contribution is 2.20. The molecule has 0 aliphatic carbocycles. The predicted molar refractivity (Wildman–Crippen MR) is 379 cm³/mol. The minimum atomic E-state index is -4.46. The number of nitrogens with zero attached hydrogens (tertiary/aromatic N) is 5. The van der Waals surface area contributed by atoms with Crippen molar-refractivity contribution in [2.45, 2.75) is 192 Å². The number of allylic oxidation sites excluding steroid dienone is 2. The van der Waals surface area contributed by atoms with Crippen molar-refractivity contribution in [3.05, 3.63) is 101 Å². The number of benzene rings is 2. The molecule has 14 N–H and O–H groups in total. The van der Waals surface area contributed by atoms with Gasteiger partial charge in [0.15, 0.2) is 5.96 Å². The van der Waals surface area contributed by atoms with Crippen molar-refractivity contribution in [2.75, 3.05) is 57.8 Å². The number of ether oxygens (including phenoxy) is 1. The Morgan fingerprint density at radius 3 is 2.17 bits per heavy atom. The third kappa shape index (κ3) is 32.9. The number of guanidine groups is 1. The number of hydrogen-bond donors (Lipinski definition) is 12. The Morgan fingerprint density at radius 2 is 1.49 bits per heavy atom. The van der Waals surface area contributed by atoms with E-state index in [2.05, 4.69) is 63.0 Å². The predicted octanol–water partition coefficient (Wildman–Crippen LogP) is 4.21. The number of hydrogen-bond acceptors (Lipinski definition) is 17. The molecular weight excluding hydrogens is 1310 g/mol. The molecule has 100 heavy (non-hydrogen) atoms. The summed E-state index contributed by atoms with van der Waals surface area (Å²) in [7, 11) is -4.46. The summed E-state index contributed by atoms with van der Waals surface area (Å²) in [6.07, 6.45) is 11.6. The average Bonchev–Trinajstić information content (AvgIpc) is 1.46. The number of alkyl carbamates (subject to hydrolysis) is 1. The number of carbonyl (C=O) groups is 10. The molecule has 31 heteroatoms. The Hall–Kier alpha value is -9.52. The lowest BCUT2D eigenvalue weighted by Crippen LogP contribution is -2.56. The smallest absolute Gasteiger partial charge is 0.407 e. The maximum absolute atomic E-state index is 14.4. The van der Waals surface area contributed by atoms with E-state index in [9.17, 15) is 60.9 Å². The molecule has 4 atom stereocenters. The molecule has 1 fully saturated rings. The second-order valence-electron chi connectivity index (χ2n) is 25.7. The van der Waals surface area contributed by atoms with E-state index in [1.165, 1.54) is 59.5 Å². The Bertz CT molecular complexity index is 3380. The molecule has 1 aliphatic heterocycles. The van der Waals surface area contributed by atoms with Gasteiger partial charge < -0.3 is 68.5 Å². The van der Waals surface area contributed by atoms with E-state index in [4.69, 9.17) is 16.2 Å². The van der Waals surface area contributed by atoms with Crippen LogP contribution in [0.25, 0.3) is 0 Å². The number of hydrazone groups is 1. The zero-order valence-electron chi connectivity index (χ0n) is 58.7. The molecule has 0 spiro atoms. The number of unbranched alkanes of at least 4 members (excludes halogenated alkanes) is 5. The number of aromatic nitrogens is 1.